The van der Waals surface area contributed by atoms with Crippen LogP contribution in [0.1, 0.15) is 12.5 Å². The molecule has 118 valence electrons. The van der Waals surface area contributed by atoms with Crippen molar-refractivity contribution in [1.29, 1.82) is 0 Å². The molecule has 0 saturated carbocycles. The van der Waals surface area contributed by atoms with E-state index in [1.54, 1.807) is 7.11 Å². The molecule has 7 heteroatoms. The van der Waals surface area contributed by atoms with Crippen LogP contribution < -0.4 is 4.74 Å². The van der Waals surface area contributed by atoms with Gasteiger partial charge in [0.2, 0.25) is 0 Å². The van der Waals surface area contributed by atoms with Gasteiger partial charge in [-0.1, -0.05) is 12.1 Å². The summed E-state index contributed by atoms with van der Waals surface area (Å²) in [6, 6.07) is 7.40. The molecule has 0 saturated heterocycles. The maximum atomic E-state index is 11.1. The third-order valence-electron chi connectivity index (χ3n) is 2.70. The Balaban J connectivity index is 2.72. The first-order valence-corrected chi connectivity index (χ1v) is 8.22. The summed E-state index contributed by atoms with van der Waals surface area (Å²) in [5.74, 6) is 0.0449. The number of rotatable bonds is 8. The minimum absolute atomic E-state index is 0.0384. The molecule has 21 heavy (non-hydrogen) atoms. The van der Waals surface area contributed by atoms with Gasteiger partial charge < -0.3 is 9.47 Å². The number of benzene rings is 1. The molecule has 0 bridgehead atoms. The van der Waals surface area contributed by atoms with Crippen LogP contribution in [0.4, 0.5) is 0 Å². The Morgan fingerprint density at radius 2 is 2.00 bits per heavy atom. The molecule has 0 N–H and O–H groups in total. The molecule has 0 aliphatic heterocycles. The lowest BCUT2D eigenvalue weighted by Crippen LogP contribution is -2.22. The molecular weight excluding hydrogens is 296 g/mol. The number of methoxy groups -OCH3 is 1. The average molecular weight is 316 g/mol. The number of carbonyl (C=O) groups excluding carboxylic acids is 1. The van der Waals surface area contributed by atoms with E-state index in [9.17, 15) is 13.2 Å². The van der Waals surface area contributed by atoms with E-state index in [2.05, 4.69) is 0 Å². The van der Waals surface area contributed by atoms with Crippen LogP contribution in [-0.2, 0) is 30.3 Å². The summed E-state index contributed by atoms with van der Waals surface area (Å²) in [6.45, 7) is 1.37. The summed E-state index contributed by atoms with van der Waals surface area (Å²) in [4.78, 5) is 10.9. The standard InChI is InChI=1S/C14H20O6S/c1-11(15)19-9-13(10-20-21(3,16)17)7-12-5-4-6-14(8-12)18-2/h4-6,8,13H,7,9-10H2,1-3H3/t13-/m0/s1. The largest absolute Gasteiger partial charge is 0.497 e. The highest BCUT2D eigenvalue weighted by Gasteiger charge is 2.15. The molecule has 0 aromatic heterocycles. The Labute approximate surface area is 125 Å². The zero-order valence-corrected chi connectivity index (χ0v) is 13.2. The fourth-order valence-corrected chi connectivity index (χ4v) is 2.19. The molecule has 1 atom stereocenters. The lowest BCUT2D eigenvalue weighted by atomic mass is 10.0. The fraction of sp³-hybridized carbons (Fsp3) is 0.500. The van der Waals surface area contributed by atoms with Crippen LogP contribution in [0.15, 0.2) is 24.3 Å². The molecule has 0 radical (unpaired) electrons. The number of ether oxygens (including phenoxy) is 2. The van der Waals surface area contributed by atoms with Crippen LogP contribution >= 0.6 is 0 Å². The first-order valence-electron chi connectivity index (χ1n) is 6.41. The Morgan fingerprint density at radius 3 is 2.57 bits per heavy atom. The summed E-state index contributed by atoms with van der Waals surface area (Å²) in [6.07, 6.45) is 1.50. The molecule has 0 heterocycles. The highest BCUT2D eigenvalue weighted by molar-refractivity contribution is 7.85. The van der Waals surface area contributed by atoms with Crippen LogP contribution in [-0.4, -0.2) is 41.0 Å². The molecule has 1 aromatic rings. The van der Waals surface area contributed by atoms with E-state index >= 15 is 0 Å². The molecule has 1 rings (SSSR count). The second-order valence-electron chi connectivity index (χ2n) is 4.71. The van der Waals surface area contributed by atoms with E-state index in [-0.39, 0.29) is 19.1 Å². The van der Waals surface area contributed by atoms with Gasteiger partial charge in [-0.25, -0.2) is 0 Å². The van der Waals surface area contributed by atoms with Gasteiger partial charge in [-0.05, 0) is 24.1 Å². The normalized spacial score (nSPS) is 12.7. The van der Waals surface area contributed by atoms with Crippen molar-refractivity contribution in [2.45, 2.75) is 13.3 Å². The molecule has 6 nitrogen and oxygen atoms in total. The number of hydrogen-bond acceptors (Lipinski definition) is 6. The SMILES string of the molecule is COc1cccc(C[C@@H](COC(C)=O)COS(C)(=O)=O)c1. The van der Waals surface area contributed by atoms with Gasteiger partial charge in [0.15, 0.2) is 0 Å². The average Bonchev–Trinajstić information content (AvgIpc) is 2.41. The summed E-state index contributed by atoms with van der Waals surface area (Å²) in [5.41, 5.74) is 0.948. The maximum absolute atomic E-state index is 11.1. The Bertz CT molecular complexity index is 567. The van der Waals surface area contributed by atoms with Gasteiger partial charge in [0.25, 0.3) is 10.1 Å². The third-order valence-corrected chi connectivity index (χ3v) is 3.26. The van der Waals surface area contributed by atoms with Crippen LogP contribution in [0.25, 0.3) is 0 Å². The molecule has 0 unspecified atom stereocenters. The van der Waals surface area contributed by atoms with Crippen LogP contribution in [0.5, 0.6) is 5.75 Å². The van der Waals surface area contributed by atoms with Crippen molar-refractivity contribution in [3.05, 3.63) is 29.8 Å². The monoisotopic (exact) mass is 316 g/mol. The Morgan fingerprint density at radius 1 is 1.29 bits per heavy atom. The summed E-state index contributed by atoms with van der Waals surface area (Å²) >= 11 is 0. The molecule has 0 spiro atoms. The number of esters is 1. The van der Waals surface area contributed by atoms with Crippen molar-refractivity contribution in [2.24, 2.45) is 5.92 Å². The minimum Gasteiger partial charge on any atom is -0.497 e. The lowest BCUT2D eigenvalue weighted by molar-refractivity contribution is -0.142. The minimum atomic E-state index is -3.53. The van der Waals surface area contributed by atoms with E-state index in [1.165, 1.54) is 6.92 Å². The summed E-state index contributed by atoms with van der Waals surface area (Å²) < 4.78 is 37.0. The highest BCUT2D eigenvalue weighted by atomic mass is 32.2. The fourth-order valence-electron chi connectivity index (χ4n) is 1.75. The van der Waals surface area contributed by atoms with Gasteiger partial charge in [0.05, 0.1) is 26.6 Å². The van der Waals surface area contributed by atoms with E-state index in [0.29, 0.717) is 12.2 Å². The number of hydrogen-bond donors (Lipinski definition) is 0. The first kappa shape index (κ1) is 17.5. The van der Waals surface area contributed by atoms with Gasteiger partial charge in [-0.2, -0.15) is 8.42 Å². The second-order valence-corrected chi connectivity index (χ2v) is 6.36. The predicted molar refractivity (Wildman–Crippen MR) is 77.6 cm³/mol. The maximum Gasteiger partial charge on any atom is 0.302 e. The second kappa shape index (κ2) is 7.99. The van der Waals surface area contributed by atoms with Gasteiger partial charge in [-0.3, -0.25) is 8.98 Å². The van der Waals surface area contributed by atoms with Crippen molar-refractivity contribution in [2.75, 3.05) is 26.6 Å². The summed E-state index contributed by atoms with van der Waals surface area (Å²) in [5, 5.41) is 0. The van der Waals surface area contributed by atoms with Crippen molar-refractivity contribution in [3.8, 4) is 5.75 Å². The summed E-state index contributed by atoms with van der Waals surface area (Å²) in [7, 11) is -1.96. The van der Waals surface area contributed by atoms with Crippen LogP contribution in [0.2, 0.25) is 0 Å². The van der Waals surface area contributed by atoms with Crippen molar-refractivity contribution in [1.82, 2.24) is 0 Å². The van der Waals surface area contributed by atoms with E-state index in [4.69, 9.17) is 13.7 Å². The Hall–Kier alpha value is -1.60. The molecule has 1 aromatic carbocycles. The molecule has 0 aliphatic carbocycles. The van der Waals surface area contributed by atoms with E-state index in [1.807, 2.05) is 24.3 Å². The van der Waals surface area contributed by atoms with E-state index < -0.39 is 16.1 Å². The number of carbonyl (C=O) groups is 1. The van der Waals surface area contributed by atoms with Crippen molar-refractivity contribution in [3.63, 3.8) is 0 Å². The van der Waals surface area contributed by atoms with Crippen LogP contribution in [0, 0.1) is 5.92 Å². The van der Waals surface area contributed by atoms with E-state index in [0.717, 1.165) is 11.8 Å². The van der Waals surface area contributed by atoms with Gasteiger partial charge in [0.1, 0.15) is 5.75 Å². The predicted octanol–water partition coefficient (Wildman–Crippen LogP) is 1.39. The zero-order chi connectivity index (χ0) is 15.9. The molecular formula is C14H20O6S. The Kier molecular flexibility index (Phi) is 6.64. The van der Waals surface area contributed by atoms with Gasteiger partial charge in [0, 0.05) is 12.8 Å². The van der Waals surface area contributed by atoms with Gasteiger partial charge in [-0.15, -0.1) is 0 Å². The van der Waals surface area contributed by atoms with Crippen LogP contribution in [0.3, 0.4) is 0 Å². The smallest absolute Gasteiger partial charge is 0.302 e. The van der Waals surface area contributed by atoms with Crippen molar-refractivity contribution < 1.29 is 26.9 Å². The lowest BCUT2D eigenvalue weighted by Gasteiger charge is -2.16. The van der Waals surface area contributed by atoms with Gasteiger partial charge >= 0.3 is 5.97 Å². The first-order chi connectivity index (χ1) is 9.80. The zero-order valence-electron chi connectivity index (χ0n) is 12.4. The molecule has 0 aliphatic rings. The molecule has 0 amide bonds. The topological polar surface area (TPSA) is 78.9 Å². The molecule has 0 fully saturated rings. The third kappa shape index (κ3) is 7.67. The highest BCUT2D eigenvalue weighted by Crippen LogP contribution is 2.17. The van der Waals surface area contributed by atoms with Crippen molar-refractivity contribution >= 4 is 16.1 Å². The quantitative estimate of drug-likeness (QED) is 0.533.